The molecule has 0 radical (unpaired) electrons. The van der Waals surface area contributed by atoms with Crippen molar-refractivity contribution >= 4 is 17.7 Å². The van der Waals surface area contributed by atoms with Crippen LogP contribution < -0.4 is 5.32 Å². The van der Waals surface area contributed by atoms with E-state index in [9.17, 15) is 14.7 Å². The minimum atomic E-state index is -0.764. The Kier molecular flexibility index (Phi) is 4.15. The smallest absolute Gasteiger partial charge is 0.321 e. The number of carboxylic acids is 1. The first-order valence-electron chi connectivity index (χ1n) is 9.04. The molecule has 1 aliphatic heterocycles. The predicted molar refractivity (Wildman–Crippen MR) is 99.9 cm³/mol. The van der Waals surface area contributed by atoms with E-state index in [4.69, 9.17) is 0 Å². The number of hydrogen-bond donors (Lipinski definition) is 2. The lowest BCUT2D eigenvalue weighted by Gasteiger charge is -2.23. The van der Waals surface area contributed by atoms with Crippen LogP contribution in [0.15, 0.2) is 54.6 Å². The van der Waals surface area contributed by atoms with Crippen molar-refractivity contribution in [1.82, 2.24) is 4.90 Å². The summed E-state index contributed by atoms with van der Waals surface area (Å²) < 4.78 is 0. The van der Waals surface area contributed by atoms with E-state index in [-0.39, 0.29) is 11.9 Å². The molecule has 2 atom stereocenters. The zero-order valence-corrected chi connectivity index (χ0v) is 14.5. The summed E-state index contributed by atoms with van der Waals surface area (Å²) in [6.45, 7) is 0.817. The lowest BCUT2D eigenvalue weighted by molar-refractivity contribution is -0.149. The van der Waals surface area contributed by atoms with Crippen molar-refractivity contribution < 1.29 is 14.7 Å². The third-order valence-electron chi connectivity index (χ3n) is 5.84. The maximum Gasteiger partial charge on any atom is 0.321 e. The highest BCUT2D eigenvalue weighted by atomic mass is 16.4. The van der Waals surface area contributed by atoms with Crippen LogP contribution in [0.3, 0.4) is 0 Å². The summed E-state index contributed by atoms with van der Waals surface area (Å²) in [4.78, 5) is 26.3. The van der Waals surface area contributed by atoms with Crippen LogP contribution in [0.5, 0.6) is 0 Å². The molecule has 0 spiro atoms. The Hall–Kier alpha value is -2.82. The van der Waals surface area contributed by atoms with Crippen molar-refractivity contribution in [3.8, 4) is 11.1 Å². The van der Waals surface area contributed by atoms with E-state index in [1.54, 1.807) is 4.90 Å². The zero-order valence-electron chi connectivity index (χ0n) is 14.5. The molecule has 1 aliphatic carbocycles. The van der Waals surface area contributed by atoms with Crippen molar-refractivity contribution in [2.75, 3.05) is 18.4 Å². The molecule has 2 N–H and O–H groups in total. The molecule has 2 fully saturated rings. The number of carboxylic acid groups (broad SMARTS) is 1. The highest BCUT2D eigenvalue weighted by Gasteiger charge is 2.55. The van der Waals surface area contributed by atoms with Crippen LogP contribution in [0.1, 0.15) is 19.3 Å². The number of nitrogens with one attached hydrogen (secondary N) is 1. The molecule has 5 heteroatoms. The first-order valence-corrected chi connectivity index (χ1v) is 9.04. The molecule has 0 unspecified atom stereocenters. The third-order valence-corrected chi connectivity index (χ3v) is 5.84. The second kappa shape index (κ2) is 6.48. The van der Waals surface area contributed by atoms with Crippen LogP contribution >= 0.6 is 0 Å². The summed E-state index contributed by atoms with van der Waals surface area (Å²) in [6, 6.07) is 17.4. The number of fused-ring (bicyclic) bond motifs is 1. The minimum absolute atomic E-state index is 0.0649. The van der Waals surface area contributed by atoms with Crippen LogP contribution in [0.25, 0.3) is 11.1 Å². The van der Waals surface area contributed by atoms with Crippen molar-refractivity contribution in [3.05, 3.63) is 54.6 Å². The molecule has 1 saturated carbocycles. The topological polar surface area (TPSA) is 69.6 Å². The van der Waals surface area contributed by atoms with Gasteiger partial charge in [-0.1, -0.05) is 55.0 Å². The lowest BCUT2D eigenvalue weighted by atomic mass is 9.81. The zero-order chi connectivity index (χ0) is 18.1. The SMILES string of the molecule is O=C(Nc1ccccc1-c1ccccc1)N1C[C@@H]2CCC[C@@]2(C(=O)O)C1. The van der Waals surface area contributed by atoms with Crippen molar-refractivity contribution in [3.63, 3.8) is 0 Å². The minimum Gasteiger partial charge on any atom is -0.481 e. The number of anilines is 1. The van der Waals surface area contributed by atoms with Gasteiger partial charge in [0.2, 0.25) is 0 Å². The second-order valence-corrected chi connectivity index (χ2v) is 7.27. The number of amides is 2. The van der Waals surface area contributed by atoms with E-state index >= 15 is 0 Å². The van der Waals surface area contributed by atoms with Crippen molar-refractivity contribution in [2.45, 2.75) is 19.3 Å². The Balaban J connectivity index is 1.54. The number of nitrogens with zero attached hydrogens (tertiary/aromatic N) is 1. The monoisotopic (exact) mass is 350 g/mol. The number of para-hydroxylation sites is 1. The molecule has 2 aromatic carbocycles. The molecule has 5 nitrogen and oxygen atoms in total. The fourth-order valence-electron chi connectivity index (χ4n) is 4.45. The summed E-state index contributed by atoms with van der Waals surface area (Å²) in [5, 5.41) is 12.7. The first-order chi connectivity index (χ1) is 12.6. The highest BCUT2D eigenvalue weighted by molar-refractivity contribution is 5.95. The first kappa shape index (κ1) is 16.6. The van der Waals surface area contributed by atoms with Crippen LogP contribution in [0.4, 0.5) is 10.5 Å². The number of hydrogen-bond acceptors (Lipinski definition) is 2. The number of benzene rings is 2. The molecule has 2 aliphatic rings. The molecule has 2 amide bonds. The molecule has 2 aromatic rings. The molecule has 134 valence electrons. The van der Waals surface area contributed by atoms with Gasteiger partial charge < -0.3 is 15.3 Å². The van der Waals surface area contributed by atoms with Gasteiger partial charge in [0.15, 0.2) is 0 Å². The van der Waals surface area contributed by atoms with Gasteiger partial charge in [-0.05, 0) is 30.4 Å². The van der Waals surface area contributed by atoms with Crippen LogP contribution in [-0.2, 0) is 4.79 Å². The van der Waals surface area contributed by atoms with Gasteiger partial charge in [0.05, 0.1) is 11.1 Å². The molecule has 0 bridgehead atoms. The summed E-state index contributed by atoms with van der Waals surface area (Å²) in [6.07, 6.45) is 2.48. The van der Waals surface area contributed by atoms with Crippen molar-refractivity contribution in [1.29, 1.82) is 0 Å². The van der Waals surface area contributed by atoms with E-state index in [0.29, 0.717) is 19.5 Å². The Morgan fingerprint density at radius 3 is 2.54 bits per heavy atom. The summed E-state index contributed by atoms with van der Waals surface area (Å²) in [5.41, 5.74) is 1.97. The maximum atomic E-state index is 12.8. The summed E-state index contributed by atoms with van der Waals surface area (Å²) in [5.74, 6) is -0.699. The van der Waals surface area contributed by atoms with Gasteiger partial charge in [-0.25, -0.2) is 4.79 Å². The van der Waals surface area contributed by atoms with E-state index in [1.165, 1.54) is 0 Å². The normalized spacial score (nSPS) is 24.3. The fourth-order valence-corrected chi connectivity index (χ4v) is 4.45. The molecule has 1 saturated heterocycles. The average Bonchev–Trinajstić information content (AvgIpc) is 3.21. The summed E-state index contributed by atoms with van der Waals surface area (Å²) in [7, 11) is 0. The molecular weight excluding hydrogens is 328 g/mol. The number of aliphatic carboxylic acids is 1. The van der Waals surface area contributed by atoms with E-state index in [0.717, 1.165) is 29.7 Å². The second-order valence-electron chi connectivity index (χ2n) is 7.27. The van der Waals surface area contributed by atoms with Gasteiger partial charge in [0.1, 0.15) is 0 Å². The highest BCUT2D eigenvalue weighted by Crippen LogP contribution is 2.49. The van der Waals surface area contributed by atoms with Crippen molar-refractivity contribution in [2.24, 2.45) is 11.3 Å². The number of carbonyl (C=O) groups is 2. The predicted octanol–water partition coefficient (Wildman–Crippen LogP) is 4.07. The van der Waals surface area contributed by atoms with Crippen LogP contribution in [0.2, 0.25) is 0 Å². The Morgan fingerprint density at radius 2 is 1.81 bits per heavy atom. The van der Waals surface area contributed by atoms with Gasteiger partial charge in [-0.3, -0.25) is 4.79 Å². The number of urea groups is 1. The number of rotatable bonds is 3. The molecule has 0 aromatic heterocycles. The maximum absolute atomic E-state index is 12.8. The van der Waals surface area contributed by atoms with Gasteiger partial charge in [0, 0.05) is 18.7 Å². The van der Waals surface area contributed by atoms with Gasteiger partial charge >= 0.3 is 12.0 Å². The number of likely N-dealkylation sites (tertiary alicyclic amines) is 1. The van der Waals surface area contributed by atoms with E-state index in [1.807, 2.05) is 54.6 Å². The van der Waals surface area contributed by atoms with Gasteiger partial charge in [-0.2, -0.15) is 0 Å². The Bertz CT molecular complexity index is 836. The molecule has 1 heterocycles. The van der Waals surface area contributed by atoms with Crippen LogP contribution in [0, 0.1) is 11.3 Å². The fraction of sp³-hybridized carbons (Fsp3) is 0.333. The summed E-state index contributed by atoms with van der Waals surface area (Å²) >= 11 is 0. The van der Waals surface area contributed by atoms with Gasteiger partial charge in [0.25, 0.3) is 0 Å². The quantitative estimate of drug-likeness (QED) is 0.876. The largest absolute Gasteiger partial charge is 0.481 e. The van der Waals surface area contributed by atoms with Gasteiger partial charge in [-0.15, -0.1) is 0 Å². The van der Waals surface area contributed by atoms with E-state index in [2.05, 4.69) is 5.32 Å². The molecule has 4 rings (SSSR count). The average molecular weight is 350 g/mol. The number of carbonyl (C=O) groups excluding carboxylic acids is 1. The third kappa shape index (κ3) is 2.73. The molecular formula is C21H22N2O3. The standard InChI is InChI=1S/C21H22N2O3/c24-19(25)21-12-6-9-16(21)13-23(14-21)20(26)22-18-11-5-4-10-17(18)15-7-2-1-3-8-15/h1-5,7-8,10-11,16H,6,9,12-14H2,(H,22,26)(H,24,25)/t16-,21+/m0/s1. The Morgan fingerprint density at radius 1 is 1.08 bits per heavy atom. The Labute approximate surface area is 152 Å². The van der Waals surface area contributed by atoms with E-state index < -0.39 is 11.4 Å². The molecule has 26 heavy (non-hydrogen) atoms. The lowest BCUT2D eigenvalue weighted by Crippen LogP contribution is -2.38. The van der Waals surface area contributed by atoms with Crippen LogP contribution in [-0.4, -0.2) is 35.1 Å².